The molecule has 70 heavy (non-hydrogen) atoms. The number of amides is 1. The van der Waals surface area contributed by atoms with Crippen LogP contribution in [0, 0.1) is 0 Å². The van der Waals surface area contributed by atoms with Gasteiger partial charge in [-0.2, -0.15) is 0 Å². The molecule has 3 heterocycles. The Hall–Kier alpha value is -1.47. The van der Waals surface area contributed by atoms with E-state index < -0.39 is 124 Å². The maximum atomic E-state index is 13.2. The molecule has 3 saturated heterocycles. The molecule has 0 spiro atoms. The van der Waals surface area contributed by atoms with Crippen LogP contribution in [-0.4, -0.2) is 193 Å². The summed E-state index contributed by atoms with van der Waals surface area (Å²) in [6, 6.07) is -0.964. The molecule has 19 heteroatoms. The highest BCUT2D eigenvalue weighted by molar-refractivity contribution is 5.76. The number of aliphatic hydroxyl groups is 11. The van der Waals surface area contributed by atoms with E-state index in [-0.39, 0.29) is 18.9 Å². The normalized spacial score (nSPS) is 32.6. The minimum absolute atomic E-state index is 0.246. The molecule has 19 nitrogen and oxygen atoms in total. The molecule has 3 aliphatic heterocycles. The van der Waals surface area contributed by atoms with Crippen molar-refractivity contribution < 1.29 is 89.4 Å². The van der Waals surface area contributed by atoms with Crippen LogP contribution in [0.3, 0.4) is 0 Å². The standard InChI is InChI=1S/C51H95NO18/c1-3-5-7-9-11-13-14-15-16-17-18-19-21-22-24-26-28-35(56)34(52-39(57)29-27-25-23-20-12-10-8-6-4-2)33-65-49-45(63)42(60)47(37(31-54)67-49)70-51-46(64)43(61)48(38(32-55)68-51)69-50-44(62)41(59)40(58)36(30-53)66-50/h26,28,34-38,40-51,53-56,58-64H,3-25,27,29-33H2,1-2H3,(H,52,57)/b28-26+. The molecular weight excluding hydrogens is 915 g/mol. The summed E-state index contributed by atoms with van der Waals surface area (Å²) in [7, 11) is 0. The Morgan fingerprint density at radius 3 is 1.34 bits per heavy atom. The van der Waals surface area contributed by atoms with E-state index in [4.69, 9.17) is 28.4 Å². The molecule has 1 amide bonds. The summed E-state index contributed by atoms with van der Waals surface area (Å²) in [4.78, 5) is 13.2. The summed E-state index contributed by atoms with van der Waals surface area (Å²) in [5.74, 6) is -0.280. The molecule has 3 rings (SSSR count). The summed E-state index contributed by atoms with van der Waals surface area (Å²) in [6.07, 6.45) is 5.06. The van der Waals surface area contributed by atoms with Crippen LogP contribution in [0.2, 0.25) is 0 Å². The second-order valence-corrected chi connectivity index (χ2v) is 19.7. The van der Waals surface area contributed by atoms with Crippen molar-refractivity contribution in [3.05, 3.63) is 12.2 Å². The van der Waals surface area contributed by atoms with Gasteiger partial charge in [0, 0.05) is 6.42 Å². The Morgan fingerprint density at radius 2 is 0.886 bits per heavy atom. The van der Waals surface area contributed by atoms with E-state index in [2.05, 4.69) is 19.2 Å². The smallest absolute Gasteiger partial charge is 0.220 e. The molecule has 0 radical (unpaired) electrons. The Morgan fingerprint density at radius 1 is 0.500 bits per heavy atom. The molecule has 0 saturated carbocycles. The summed E-state index contributed by atoms with van der Waals surface area (Å²) >= 11 is 0. The second-order valence-electron chi connectivity index (χ2n) is 19.7. The van der Waals surface area contributed by atoms with Crippen LogP contribution in [-0.2, 0) is 33.2 Å². The van der Waals surface area contributed by atoms with Gasteiger partial charge in [-0.1, -0.05) is 161 Å². The maximum absolute atomic E-state index is 13.2. The number of carbonyl (C=O) groups excluding carboxylic acids is 1. The average molecular weight is 1010 g/mol. The minimum atomic E-state index is -1.97. The van der Waals surface area contributed by atoms with Crippen molar-refractivity contribution in [1.82, 2.24) is 5.32 Å². The van der Waals surface area contributed by atoms with Gasteiger partial charge in [-0.3, -0.25) is 4.79 Å². The fourth-order valence-electron chi connectivity index (χ4n) is 9.31. The first-order valence-electron chi connectivity index (χ1n) is 26.9. The molecule has 17 atom stereocenters. The van der Waals surface area contributed by atoms with Crippen molar-refractivity contribution in [2.45, 2.75) is 279 Å². The number of rotatable bonds is 38. The monoisotopic (exact) mass is 1010 g/mol. The quantitative estimate of drug-likeness (QED) is 0.0313. The van der Waals surface area contributed by atoms with Gasteiger partial charge in [-0.05, 0) is 19.3 Å². The van der Waals surface area contributed by atoms with Crippen molar-refractivity contribution in [1.29, 1.82) is 0 Å². The molecule has 0 aromatic carbocycles. The van der Waals surface area contributed by atoms with E-state index in [0.29, 0.717) is 6.42 Å². The lowest BCUT2D eigenvalue weighted by molar-refractivity contribution is -0.379. The van der Waals surface area contributed by atoms with Crippen molar-refractivity contribution in [2.24, 2.45) is 0 Å². The van der Waals surface area contributed by atoms with E-state index >= 15 is 0 Å². The predicted octanol–water partition coefficient (Wildman–Crippen LogP) is 2.65. The van der Waals surface area contributed by atoms with Gasteiger partial charge in [0.05, 0.1) is 38.6 Å². The lowest BCUT2D eigenvalue weighted by Gasteiger charge is -2.48. The van der Waals surface area contributed by atoms with Crippen LogP contribution >= 0.6 is 0 Å². The van der Waals surface area contributed by atoms with Crippen LogP contribution in [0.1, 0.15) is 174 Å². The molecule has 412 valence electrons. The summed E-state index contributed by atoms with van der Waals surface area (Å²) in [5.41, 5.74) is 0. The minimum Gasteiger partial charge on any atom is -0.394 e. The molecule has 3 aliphatic rings. The summed E-state index contributed by atoms with van der Waals surface area (Å²) < 4.78 is 34.1. The Balaban J connectivity index is 1.54. The number of nitrogens with one attached hydrogen (secondary N) is 1. The first-order chi connectivity index (χ1) is 33.8. The van der Waals surface area contributed by atoms with Crippen LogP contribution < -0.4 is 5.32 Å². The van der Waals surface area contributed by atoms with Crippen molar-refractivity contribution in [3.63, 3.8) is 0 Å². The molecule has 3 fully saturated rings. The van der Waals surface area contributed by atoms with Crippen molar-refractivity contribution in [3.8, 4) is 0 Å². The average Bonchev–Trinajstić information content (AvgIpc) is 3.35. The van der Waals surface area contributed by atoms with Gasteiger partial charge < -0.3 is 89.9 Å². The van der Waals surface area contributed by atoms with E-state index in [1.165, 1.54) is 103 Å². The van der Waals surface area contributed by atoms with Crippen LogP contribution in [0.4, 0.5) is 0 Å². The van der Waals surface area contributed by atoms with E-state index in [1.54, 1.807) is 6.08 Å². The molecular formula is C51H95NO18. The highest BCUT2D eigenvalue weighted by Gasteiger charge is 2.53. The molecule has 12 N–H and O–H groups in total. The Labute approximate surface area is 416 Å². The lowest BCUT2D eigenvalue weighted by Crippen LogP contribution is -2.66. The van der Waals surface area contributed by atoms with Gasteiger partial charge >= 0.3 is 0 Å². The van der Waals surface area contributed by atoms with E-state index in [1.807, 2.05) is 6.08 Å². The highest BCUT2D eigenvalue weighted by Crippen LogP contribution is 2.33. The van der Waals surface area contributed by atoms with E-state index in [9.17, 15) is 61.0 Å². The summed E-state index contributed by atoms with van der Waals surface area (Å²) in [5, 5.41) is 120. The Kier molecular flexibility index (Phi) is 32.7. The zero-order chi connectivity index (χ0) is 51.3. The molecule has 17 unspecified atom stereocenters. The number of hydrogen-bond donors (Lipinski definition) is 12. The number of unbranched alkanes of at least 4 members (excludes halogenated alkanes) is 22. The highest BCUT2D eigenvalue weighted by atomic mass is 16.8. The number of aliphatic hydroxyl groups excluding tert-OH is 11. The number of allylic oxidation sites excluding steroid dienone is 1. The zero-order valence-corrected chi connectivity index (χ0v) is 42.3. The van der Waals surface area contributed by atoms with Gasteiger partial charge in [0.2, 0.25) is 5.91 Å². The van der Waals surface area contributed by atoms with Crippen molar-refractivity contribution in [2.75, 3.05) is 26.4 Å². The van der Waals surface area contributed by atoms with Crippen molar-refractivity contribution >= 4 is 5.91 Å². The van der Waals surface area contributed by atoms with Crippen LogP contribution in [0.25, 0.3) is 0 Å². The third-order valence-electron chi connectivity index (χ3n) is 13.8. The van der Waals surface area contributed by atoms with Crippen LogP contribution in [0.5, 0.6) is 0 Å². The van der Waals surface area contributed by atoms with Gasteiger partial charge in [-0.25, -0.2) is 0 Å². The lowest BCUT2D eigenvalue weighted by atomic mass is 9.96. The fraction of sp³-hybridized carbons (Fsp3) is 0.941. The zero-order valence-electron chi connectivity index (χ0n) is 42.3. The second kappa shape index (κ2) is 36.5. The topological polar surface area (TPSA) is 307 Å². The third kappa shape index (κ3) is 21.8. The predicted molar refractivity (Wildman–Crippen MR) is 259 cm³/mol. The van der Waals surface area contributed by atoms with Gasteiger partial charge in [0.1, 0.15) is 73.2 Å². The van der Waals surface area contributed by atoms with Crippen LogP contribution in [0.15, 0.2) is 12.2 Å². The number of hydrogen-bond acceptors (Lipinski definition) is 18. The van der Waals surface area contributed by atoms with E-state index in [0.717, 1.165) is 44.9 Å². The Bertz CT molecular complexity index is 1350. The van der Waals surface area contributed by atoms with Gasteiger partial charge in [-0.15, -0.1) is 0 Å². The first-order valence-corrected chi connectivity index (χ1v) is 26.9. The maximum Gasteiger partial charge on any atom is 0.220 e. The molecule has 0 aromatic rings. The third-order valence-corrected chi connectivity index (χ3v) is 13.8. The molecule has 0 bridgehead atoms. The number of ether oxygens (including phenoxy) is 6. The van der Waals surface area contributed by atoms with Gasteiger partial charge in [0.15, 0.2) is 18.9 Å². The SMILES string of the molecule is CCCCCCCCCCCCCCCC/C=C/C(O)C(COC1OC(CO)C(OC2OC(CO)C(OC3OC(CO)C(O)C(O)C3O)C(O)C2O)C(O)C1O)NC(=O)CCCCCCCCCCC. The summed E-state index contributed by atoms with van der Waals surface area (Å²) in [6.45, 7) is 1.67. The first kappa shape index (κ1) is 62.8. The fourth-order valence-corrected chi connectivity index (χ4v) is 9.31. The molecule has 0 aliphatic carbocycles. The molecule has 0 aromatic heterocycles. The largest absolute Gasteiger partial charge is 0.394 e. The van der Waals surface area contributed by atoms with Gasteiger partial charge in [0.25, 0.3) is 0 Å². The number of carbonyl (C=O) groups is 1.